The average Bonchev–Trinajstić information content (AvgIpc) is 3.75. The molecular weight excluding hydrogens is 550 g/mol. The summed E-state index contributed by atoms with van der Waals surface area (Å²) in [6.45, 7) is 2.13. The largest absolute Gasteiger partial charge is 0.383 e. The highest BCUT2D eigenvalue weighted by Gasteiger charge is 2.26. The summed E-state index contributed by atoms with van der Waals surface area (Å²) < 4.78 is 32.2. The van der Waals surface area contributed by atoms with Crippen LogP contribution >= 0.6 is 0 Å². The highest BCUT2D eigenvalue weighted by Crippen LogP contribution is 2.37. The molecular formula is C30H27N9O2S. The molecule has 210 valence electrons. The van der Waals surface area contributed by atoms with Crippen LogP contribution in [0.25, 0.3) is 34.1 Å². The molecule has 11 nitrogen and oxygen atoms in total. The summed E-state index contributed by atoms with van der Waals surface area (Å²) in [6.07, 6.45) is 8.25. The molecule has 0 fully saturated rings. The van der Waals surface area contributed by atoms with Gasteiger partial charge in [0.05, 0.1) is 5.56 Å². The van der Waals surface area contributed by atoms with Gasteiger partial charge in [-0.3, -0.25) is 9.55 Å². The molecule has 12 heteroatoms. The van der Waals surface area contributed by atoms with Gasteiger partial charge in [0.15, 0.2) is 17.3 Å². The number of nitrogens with one attached hydrogen (secondary N) is 1. The van der Waals surface area contributed by atoms with Crippen LogP contribution in [0.15, 0.2) is 90.3 Å². The Balaban J connectivity index is 1.26. The summed E-state index contributed by atoms with van der Waals surface area (Å²) in [6, 6.07) is 18.9. The summed E-state index contributed by atoms with van der Waals surface area (Å²) in [5.41, 5.74) is 12.3. The van der Waals surface area contributed by atoms with Gasteiger partial charge < -0.3 is 5.73 Å². The first-order valence-corrected chi connectivity index (χ1v) is 15.0. The molecule has 1 unspecified atom stereocenters. The van der Waals surface area contributed by atoms with E-state index in [1.54, 1.807) is 29.2 Å². The molecule has 0 saturated heterocycles. The van der Waals surface area contributed by atoms with Gasteiger partial charge >= 0.3 is 0 Å². The molecule has 5 aromatic heterocycles. The third kappa shape index (κ3) is 4.60. The van der Waals surface area contributed by atoms with Crippen molar-refractivity contribution in [3.63, 3.8) is 0 Å². The zero-order valence-corrected chi connectivity index (χ0v) is 23.5. The molecule has 0 amide bonds. The molecule has 1 atom stereocenters. The van der Waals surface area contributed by atoms with Crippen LogP contribution in [0, 0.1) is 6.92 Å². The third-order valence-electron chi connectivity index (χ3n) is 7.61. The van der Waals surface area contributed by atoms with Gasteiger partial charge in [-0.15, -0.1) is 0 Å². The van der Waals surface area contributed by atoms with E-state index in [9.17, 15) is 8.42 Å². The van der Waals surface area contributed by atoms with Crippen LogP contribution < -0.4 is 10.5 Å². The number of pyridine rings is 3. The molecule has 1 aromatic carbocycles. The van der Waals surface area contributed by atoms with Gasteiger partial charge in [0.2, 0.25) is 10.0 Å². The number of hydrogen-bond acceptors (Lipinski definition) is 8. The summed E-state index contributed by atoms with van der Waals surface area (Å²) in [7, 11) is -3.66. The van der Waals surface area contributed by atoms with Gasteiger partial charge in [0, 0.05) is 42.7 Å². The molecule has 7 rings (SSSR count). The number of aromatic nitrogens is 7. The Bertz CT molecular complexity index is 2040. The predicted octanol–water partition coefficient (Wildman–Crippen LogP) is 3.96. The number of imidazole rings is 1. The molecule has 0 radical (unpaired) electrons. The van der Waals surface area contributed by atoms with Crippen LogP contribution in [0.3, 0.4) is 0 Å². The second-order valence-corrected chi connectivity index (χ2v) is 12.0. The second-order valence-electron chi connectivity index (χ2n) is 10.3. The van der Waals surface area contributed by atoms with Crippen molar-refractivity contribution < 1.29 is 8.42 Å². The van der Waals surface area contributed by atoms with Gasteiger partial charge in [-0.1, -0.05) is 6.07 Å². The van der Waals surface area contributed by atoms with E-state index in [-0.39, 0.29) is 10.8 Å². The van der Waals surface area contributed by atoms with Crippen LogP contribution in [-0.4, -0.2) is 49.2 Å². The molecule has 42 heavy (non-hydrogen) atoms. The first-order valence-electron chi connectivity index (χ1n) is 13.5. The zero-order chi connectivity index (χ0) is 28.8. The van der Waals surface area contributed by atoms with E-state index in [4.69, 9.17) is 15.7 Å². The van der Waals surface area contributed by atoms with E-state index in [2.05, 4.69) is 31.9 Å². The monoisotopic (exact) mass is 577 g/mol. The van der Waals surface area contributed by atoms with Gasteiger partial charge in [-0.2, -0.15) is 5.10 Å². The molecule has 0 aliphatic heterocycles. The minimum Gasteiger partial charge on any atom is -0.383 e. The highest BCUT2D eigenvalue weighted by molar-refractivity contribution is 7.89. The van der Waals surface area contributed by atoms with Gasteiger partial charge in [0.1, 0.15) is 16.2 Å². The number of sulfonamides is 1. The lowest BCUT2D eigenvalue weighted by molar-refractivity contribution is 0.568. The lowest BCUT2D eigenvalue weighted by Crippen LogP contribution is -2.28. The Morgan fingerprint density at radius 1 is 1.02 bits per heavy atom. The van der Waals surface area contributed by atoms with Crippen molar-refractivity contribution in [1.82, 2.24) is 39.0 Å². The zero-order valence-electron chi connectivity index (χ0n) is 22.7. The predicted molar refractivity (Wildman–Crippen MR) is 159 cm³/mol. The van der Waals surface area contributed by atoms with Crippen molar-refractivity contribution >= 4 is 27.0 Å². The van der Waals surface area contributed by atoms with Crippen molar-refractivity contribution in [2.24, 2.45) is 0 Å². The summed E-state index contributed by atoms with van der Waals surface area (Å²) in [5.74, 6) is 1.73. The van der Waals surface area contributed by atoms with Crippen LogP contribution in [0.5, 0.6) is 0 Å². The standard InChI is InChI=1S/C30H27N9O2S/c1-19-5-9-23(18-33-19)42(40,41)35-17-21-7-6-20-16-22(8-10-24(20)21)39-29(25-4-2-13-32-28(25)31)36-26-11-12-27(37-30(26)39)38-15-3-14-34-38/h2-5,8-16,18,21,35H,6-7,17H2,1H3,(H2,31,32). The molecule has 6 aromatic rings. The smallest absolute Gasteiger partial charge is 0.242 e. The number of nitrogen functional groups attached to an aromatic ring is 1. The van der Waals surface area contributed by atoms with Crippen LogP contribution in [0.4, 0.5) is 5.82 Å². The first kappa shape index (κ1) is 26.0. The van der Waals surface area contributed by atoms with E-state index < -0.39 is 10.0 Å². The lowest BCUT2D eigenvalue weighted by Gasteiger charge is -2.15. The Hall–Kier alpha value is -4.94. The van der Waals surface area contributed by atoms with Crippen LogP contribution in [0.1, 0.15) is 29.2 Å². The SMILES string of the molecule is Cc1ccc(S(=O)(=O)NCC2CCc3cc(-n4c(-c5cccnc5N)nc5ccc(-n6cccn6)nc54)ccc32)cn1. The van der Waals surface area contributed by atoms with Gasteiger partial charge in [0.25, 0.3) is 0 Å². The molecule has 0 bridgehead atoms. The van der Waals surface area contributed by atoms with Crippen LogP contribution in [-0.2, 0) is 16.4 Å². The van der Waals surface area contributed by atoms with E-state index in [0.29, 0.717) is 40.7 Å². The third-order valence-corrected chi connectivity index (χ3v) is 9.02. The Morgan fingerprint density at radius 3 is 2.71 bits per heavy atom. The number of nitrogens with two attached hydrogens (primary N) is 1. The number of fused-ring (bicyclic) bond motifs is 2. The Morgan fingerprint density at radius 2 is 1.93 bits per heavy atom. The molecule has 3 N–H and O–H groups in total. The minimum absolute atomic E-state index is 0.0553. The number of hydrogen-bond donors (Lipinski definition) is 2. The molecule has 0 saturated carbocycles. The molecule has 1 aliphatic carbocycles. The summed E-state index contributed by atoms with van der Waals surface area (Å²) in [4.78, 5) is 18.4. The van der Waals surface area contributed by atoms with Crippen LogP contribution in [0.2, 0.25) is 0 Å². The highest BCUT2D eigenvalue weighted by atomic mass is 32.2. The number of rotatable bonds is 7. The Kier molecular flexibility index (Phi) is 6.29. The van der Waals surface area contributed by atoms with E-state index in [1.807, 2.05) is 54.1 Å². The second kappa shape index (κ2) is 10.2. The topological polar surface area (TPSA) is 146 Å². The number of benzene rings is 1. The summed E-state index contributed by atoms with van der Waals surface area (Å²) >= 11 is 0. The van der Waals surface area contributed by atoms with Crippen molar-refractivity contribution in [2.75, 3.05) is 12.3 Å². The molecule has 0 spiro atoms. The van der Waals surface area contributed by atoms with Crippen molar-refractivity contribution in [1.29, 1.82) is 0 Å². The lowest BCUT2D eigenvalue weighted by atomic mass is 10.0. The first-order chi connectivity index (χ1) is 20.4. The Labute approximate surface area is 242 Å². The normalized spacial score (nSPS) is 14.8. The van der Waals surface area contributed by atoms with E-state index >= 15 is 0 Å². The van der Waals surface area contributed by atoms with Crippen molar-refractivity contribution in [3.05, 3.63) is 102 Å². The maximum atomic E-state index is 12.9. The summed E-state index contributed by atoms with van der Waals surface area (Å²) in [5, 5.41) is 4.33. The number of aryl methyl sites for hydroxylation is 2. The average molecular weight is 578 g/mol. The fourth-order valence-electron chi connectivity index (χ4n) is 5.46. The minimum atomic E-state index is -3.66. The maximum absolute atomic E-state index is 12.9. The van der Waals surface area contributed by atoms with Gasteiger partial charge in [-0.25, -0.2) is 32.8 Å². The maximum Gasteiger partial charge on any atom is 0.242 e. The molecule has 1 aliphatic rings. The van der Waals surface area contributed by atoms with E-state index in [1.165, 1.54) is 6.20 Å². The fraction of sp³-hybridized carbons (Fsp3) is 0.167. The number of anilines is 1. The number of nitrogens with zero attached hydrogens (tertiary/aromatic N) is 7. The molecule has 5 heterocycles. The van der Waals surface area contributed by atoms with E-state index in [0.717, 1.165) is 35.3 Å². The quantitative estimate of drug-likeness (QED) is 0.290. The fourth-order valence-corrected chi connectivity index (χ4v) is 6.49. The van der Waals surface area contributed by atoms with Gasteiger partial charge in [-0.05, 0) is 91.4 Å². The van der Waals surface area contributed by atoms with Crippen molar-refractivity contribution in [2.45, 2.75) is 30.6 Å². The van der Waals surface area contributed by atoms with Crippen molar-refractivity contribution in [3.8, 4) is 22.9 Å².